The molecule has 0 saturated heterocycles. The van der Waals surface area contributed by atoms with Crippen molar-refractivity contribution in [1.29, 1.82) is 0 Å². The molecule has 0 aliphatic carbocycles. The van der Waals surface area contributed by atoms with Crippen LogP contribution in [-0.2, 0) is 11.3 Å². The Bertz CT molecular complexity index is 443. The van der Waals surface area contributed by atoms with E-state index in [0.717, 1.165) is 25.3 Å². The molecule has 0 unspecified atom stereocenters. The van der Waals surface area contributed by atoms with E-state index in [4.69, 9.17) is 0 Å². The van der Waals surface area contributed by atoms with Gasteiger partial charge in [-0.25, -0.2) is 0 Å². The Morgan fingerprint density at radius 3 is 2.45 bits per heavy atom. The first-order chi connectivity index (χ1) is 9.49. The van der Waals surface area contributed by atoms with E-state index in [0.29, 0.717) is 6.54 Å². The van der Waals surface area contributed by atoms with Gasteiger partial charge in [0.1, 0.15) is 0 Å². The van der Waals surface area contributed by atoms with Gasteiger partial charge in [0, 0.05) is 32.9 Å². The Morgan fingerprint density at radius 1 is 1.25 bits per heavy atom. The fourth-order valence-corrected chi connectivity index (χ4v) is 2.03. The first kappa shape index (κ1) is 16.5. The molecule has 4 nitrogen and oxygen atoms in total. The highest BCUT2D eigenvalue weighted by molar-refractivity contribution is 5.81. The Balaban J connectivity index is 2.83. The smallest absolute Gasteiger partial charge is 0.241 e. The molecule has 0 bridgehead atoms. The maximum Gasteiger partial charge on any atom is 0.241 e. The lowest BCUT2D eigenvalue weighted by molar-refractivity contribution is -0.127. The van der Waals surface area contributed by atoms with Crippen molar-refractivity contribution >= 4 is 11.6 Å². The van der Waals surface area contributed by atoms with E-state index in [1.165, 1.54) is 11.1 Å². The second-order valence-corrected chi connectivity index (χ2v) is 5.19. The zero-order valence-electron chi connectivity index (χ0n) is 13.4. The SMILES string of the molecule is CCNCc1ccc(N(CC)CC(=O)N(C)C)cc1C. The molecule has 0 spiro atoms. The van der Waals surface area contributed by atoms with Crippen molar-refractivity contribution in [3.05, 3.63) is 29.3 Å². The predicted octanol–water partition coefficient (Wildman–Crippen LogP) is 2.02. The summed E-state index contributed by atoms with van der Waals surface area (Å²) in [5, 5.41) is 3.34. The van der Waals surface area contributed by atoms with Crippen molar-refractivity contribution < 1.29 is 4.79 Å². The average Bonchev–Trinajstić information content (AvgIpc) is 2.43. The molecule has 1 aromatic carbocycles. The summed E-state index contributed by atoms with van der Waals surface area (Å²) in [4.78, 5) is 15.6. The van der Waals surface area contributed by atoms with Crippen LogP contribution < -0.4 is 10.2 Å². The number of benzene rings is 1. The molecular formula is C16H27N3O. The third-order valence-corrected chi connectivity index (χ3v) is 3.46. The molecule has 1 aromatic rings. The molecule has 0 aliphatic heterocycles. The van der Waals surface area contributed by atoms with Gasteiger partial charge in [-0.05, 0) is 43.7 Å². The van der Waals surface area contributed by atoms with Crippen molar-refractivity contribution in [3.8, 4) is 0 Å². The molecule has 0 aromatic heterocycles. The van der Waals surface area contributed by atoms with Gasteiger partial charge >= 0.3 is 0 Å². The van der Waals surface area contributed by atoms with Crippen molar-refractivity contribution in [2.45, 2.75) is 27.3 Å². The van der Waals surface area contributed by atoms with Crippen molar-refractivity contribution in [2.24, 2.45) is 0 Å². The first-order valence-corrected chi connectivity index (χ1v) is 7.24. The fraction of sp³-hybridized carbons (Fsp3) is 0.562. The summed E-state index contributed by atoms with van der Waals surface area (Å²) in [6, 6.07) is 6.42. The van der Waals surface area contributed by atoms with Crippen LogP contribution in [0.1, 0.15) is 25.0 Å². The van der Waals surface area contributed by atoms with Crippen LogP contribution in [0.5, 0.6) is 0 Å². The van der Waals surface area contributed by atoms with E-state index in [2.05, 4.69) is 49.2 Å². The van der Waals surface area contributed by atoms with Crippen molar-refractivity contribution in [2.75, 3.05) is 38.6 Å². The number of rotatable bonds is 7. The van der Waals surface area contributed by atoms with E-state index in [9.17, 15) is 4.79 Å². The average molecular weight is 277 g/mol. The molecule has 1 N–H and O–H groups in total. The standard InChI is InChI=1S/C16H27N3O/c1-6-17-11-14-8-9-15(10-13(14)3)19(7-2)12-16(20)18(4)5/h8-10,17H,6-7,11-12H2,1-5H3. The quantitative estimate of drug-likeness (QED) is 0.828. The van der Waals surface area contributed by atoms with E-state index < -0.39 is 0 Å². The minimum atomic E-state index is 0.126. The van der Waals surface area contributed by atoms with E-state index in [1.54, 1.807) is 19.0 Å². The van der Waals surface area contributed by atoms with Crippen LogP contribution in [0.2, 0.25) is 0 Å². The lowest BCUT2D eigenvalue weighted by Crippen LogP contribution is -2.36. The Hall–Kier alpha value is -1.55. The molecule has 0 fully saturated rings. The summed E-state index contributed by atoms with van der Waals surface area (Å²) >= 11 is 0. The molecule has 0 aliphatic rings. The van der Waals surface area contributed by atoms with Crippen LogP contribution in [0.25, 0.3) is 0 Å². The number of nitrogens with one attached hydrogen (secondary N) is 1. The fourth-order valence-electron chi connectivity index (χ4n) is 2.03. The summed E-state index contributed by atoms with van der Waals surface area (Å²) in [7, 11) is 3.59. The molecule has 0 atom stereocenters. The van der Waals surface area contributed by atoms with Gasteiger partial charge in [0.2, 0.25) is 5.91 Å². The monoisotopic (exact) mass is 277 g/mol. The van der Waals surface area contributed by atoms with E-state index in [-0.39, 0.29) is 5.91 Å². The number of carbonyl (C=O) groups is 1. The van der Waals surface area contributed by atoms with Gasteiger partial charge in [0.25, 0.3) is 0 Å². The molecule has 1 amide bonds. The molecule has 4 heteroatoms. The third-order valence-electron chi connectivity index (χ3n) is 3.46. The Morgan fingerprint density at radius 2 is 1.95 bits per heavy atom. The normalized spacial score (nSPS) is 10.4. The maximum absolute atomic E-state index is 11.9. The van der Waals surface area contributed by atoms with Gasteiger partial charge in [-0.3, -0.25) is 4.79 Å². The number of hydrogen-bond donors (Lipinski definition) is 1. The number of amides is 1. The van der Waals surface area contributed by atoms with Gasteiger partial charge in [-0.1, -0.05) is 13.0 Å². The highest BCUT2D eigenvalue weighted by atomic mass is 16.2. The molecule has 0 heterocycles. The number of aryl methyl sites for hydroxylation is 1. The largest absolute Gasteiger partial charge is 0.362 e. The first-order valence-electron chi connectivity index (χ1n) is 7.24. The van der Waals surface area contributed by atoms with Gasteiger partial charge in [-0.2, -0.15) is 0 Å². The Kier molecular flexibility index (Phi) is 6.52. The van der Waals surface area contributed by atoms with Crippen LogP contribution in [0.3, 0.4) is 0 Å². The number of carbonyl (C=O) groups excluding carboxylic acids is 1. The highest BCUT2D eigenvalue weighted by Crippen LogP contribution is 2.19. The summed E-state index contributed by atoms with van der Waals surface area (Å²) in [5.41, 5.74) is 3.69. The van der Waals surface area contributed by atoms with Crippen LogP contribution in [0.4, 0.5) is 5.69 Å². The summed E-state index contributed by atoms with van der Waals surface area (Å²) < 4.78 is 0. The number of nitrogens with zero attached hydrogens (tertiary/aromatic N) is 2. The molecule has 0 saturated carbocycles. The number of hydrogen-bond acceptors (Lipinski definition) is 3. The molecule has 1 rings (SSSR count). The second-order valence-electron chi connectivity index (χ2n) is 5.19. The molecule has 0 radical (unpaired) electrons. The zero-order valence-corrected chi connectivity index (χ0v) is 13.4. The van der Waals surface area contributed by atoms with Crippen LogP contribution in [0, 0.1) is 6.92 Å². The van der Waals surface area contributed by atoms with Gasteiger partial charge in [0.05, 0.1) is 6.54 Å². The van der Waals surface area contributed by atoms with Crippen LogP contribution in [-0.4, -0.2) is 44.5 Å². The summed E-state index contributed by atoms with van der Waals surface area (Å²) in [5.74, 6) is 0.126. The maximum atomic E-state index is 11.9. The van der Waals surface area contributed by atoms with Crippen LogP contribution in [0.15, 0.2) is 18.2 Å². The number of anilines is 1. The minimum absolute atomic E-state index is 0.126. The third kappa shape index (κ3) is 4.53. The van der Waals surface area contributed by atoms with Crippen molar-refractivity contribution in [1.82, 2.24) is 10.2 Å². The molecular weight excluding hydrogens is 250 g/mol. The highest BCUT2D eigenvalue weighted by Gasteiger charge is 2.12. The van der Waals surface area contributed by atoms with E-state index >= 15 is 0 Å². The summed E-state index contributed by atoms with van der Waals surface area (Å²) in [6.07, 6.45) is 0. The van der Waals surface area contributed by atoms with Crippen molar-refractivity contribution in [3.63, 3.8) is 0 Å². The lowest BCUT2D eigenvalue weighted by atomic mass is 10.1. The summed E-state index contributed by atoms with van der Waals surface area (Å²) in [6.45, 7) is 9.42. The van der Waals surface area contributed by atoms with Gasteiger partial charge in [-0.15, -0.1) is 0 Å². The topological polar surface area (TPSA) is 35.6 Å². The second kappa shape index (κ2) is 7.90. The molecule has 112 valence electrons. The predicted molar refractivity (Wildman–Crippen MR) is 85.1 cm³/mol. The Labute approximate surface area is 122 Å². The lowest BCUT2D eigenvalue weighted by Gasteiger charge is -2.25. The minimum Gasteiger partial charge on any atom is -0.362 e. The van der Waals surface area contributed by atoms with Gasteiger partial charge in [0.15, 0.2) is 0 Å². The van der Waals surface area contributed by atoms with Gasteiger partial charge < -0.3 is 15.1 Å². The van der Waals surface area contributed by atoms with E-state index in [1.807, 2.05) is 0 Å². The zero-order chi connectivity index (χ0) is 15.1. The molecule has 20 heavy (non-hydrogen) atoms. The number of likely N-dealkylation sites (N-methyl/N-ethyl adjacent to an activating group) is 2. The van der Waals surface area contributed by atoms with Crippen LogP contribution >= 0.6 is 0 Å².